The fourth-order valence-corrected chi connectivity index (χ4v) is 5.44. The van der Waals surface area contributed by atoms with E-state index < -0.39 is 28.6 Å². The van der Waals surface area contributed by atoms with Gasteiger partial charge in [-0.15, -0.1) is 0 Å². The molecule has 2 aliphatic rings. The second kappa shape index (κ2) is 9.35. The van der Waals surface area contributed by atoms with E-state index in [9.17, 15) is 22.2 Å². The maximum Gasteiger partial charge on any atom is 0.416 e. The highest BCUT2D eigenvalue weighted by Gasteiger charge is 2.43. The van der Waals surface area contributed by atoms with Crippen LogP contribution in [-0.4, -0.2) is 48.2 Å². The number of benzene rings is 2. The van der Waals surface area contributed by atoms with Gasteiger partial charge in [-0.2, -0.15) is 13.2 Å². The normalized spacial score (nSPS) is 17.6. The van der Waals surface area contributed by atoms with Crippen LogP contribution < -0.4 is 14.4 Å². The molecule has 0 saturated carbocycles. The molecule has 39 heavy (non-hydrogen) atoms. The molecule has 202 valence electrons. The number of pyridine rings is 1. The summed E-state index contributed by atoms with van der Waals surface area (Å²) in [4.78, 5) is 26.9. The fraction of sp³-hybridized carbons (Fsp3) is 0.269. The molecule has 0 aliphatic carbocycles. The monoisotopic (exact) mass is 557 g/mol. The van der Waals surface area contributed by atoms with E-state index in [1.165, 1.54) is 12.1 Å². The zero-order valence-corrected chi connectivity index (χ0v) is 21.1. The summed E-state index contributed by atoms with van der Waals surface area (Å²) in [5, 5.41) is 0. The van der Waals surface area contributed by atoms with Crippen LogP contribution in [0.4, 0.5) is 24.7 Å². The van der Waals surface area contributed by atoms with Gasteiger partial charge in [-0.3, -0.25) is 14.1 Å². The zero-order valence-electron chi connectivity index (χ0n) is 20.3. The van der Waals surface area contributed by atoms with Crippen LogP contribution in [0, 0.1) is 0 Å². The number of nitrogens with zero attached hydrogens (tertiary/aromatic N) is 3. The first-order chi connectivity index (χ1) is 18.6. The van der Waals surface area contributed by atoms with Crippen molar-refractivity contribution in [1.29, 1.82) is 0 Å². The molecule has 2 aromatic carbocycles. The molecule has 2 aromatic heterocycles. The summed E-state index contributed by atoms with van der Waals surface area (Å²) in [7, 11) is 0. The summed E-state index contributed by atoms with van der Waals surface area (Å²) < 4.78 is 67.8. The molecule has 4 aromatic rings. The number of Topliss-reactive ketones (excluding diaryl/α,β-unsaturated/α-hetero) is 1. The number of hydrogen-bond acceptors (Lipinski definition) is 6. The number of hydrogen-bond donors (Lipinski definition) is 3. The lowest BCUT2D eigenvalue weighted by molar-refractivity contribution is -0.137. The van der Waals surface area contributed by atoms with Gasteiger partial charge in [0.2, 0.25) is 0 Å². The lowest BCUT2D eigenvalue weighted by Gasteiger charge is -2.44. The predicted octanol–water partition coefficient (Wildman–Crippen LogP) is 5.20. The molecule has 1 spiro atoms. The Morgan fingerprint density at radius 3 is 2.59 bits per heavy atom. The van der Waals surface area contributed by atoms with Gasteiger partial charge in [-0.1, -0.05) is 0 Å². The number of ketones is 1. The van der Waals surface area contributed by atoms with Crippen molar-refractivity contribution in [1.82, 2.24) is 15.0 Å². The standard InChI is InChI=1S/C26H22F3N5O4S/c27-26(28,29)16-2-4-19-20(11-16)32-24(31-19)15-1-6-23(30-14-15)34-9-7-25(8-10-34)13-21(35)18-12-17(33-39(36)37)3-5-22(18)38-25/h1-6,11-12,14,33H,7-10,13H2,(H,31,32)(H,36,37). The van der Waals surface area contributed by atoms with Crippen molar-refractivity contribution in [2.24, 2.45) is 0 Å². The van der Waals surface area contributed by atoms with E-state index in [-0.39, 0.29) is 17.7 Å². The number of H-pyrrole nitrogens is 1. The summed E-state index contributed by atoms with van der Waals surface area (Å²) in [6, 6.07) is 11.8. The summed E-state index contributed by atoms with van der Waals surface area (Å²) in [6.45, 7) is 1.23. The smallest absolute Gasteiger partial charge is 0.416 e. The Balaban J connectivity index is 1.14. The van der Waals surface area contributed by atoms with Crippen molar-refractivity contribution < 1.29 is 31.5 Å². The van der Waals surface area contributed by atoms with Gasteiger partial charge in [0.25, 0.3) is 11.3 Å². The molecule has 1 unspecified atom stereocenters. The number of halogens is 3. The maximum atomic E-state index is 13.0. The summed E-state index contributed by atoms with van der Waals surface area (Å²) in [5.41, 5.74) is 0.745. The Labute approximate surface area is 222 Å². The Morgan fingerprint density at radius 2 is 1.90 bits per heavy atom. The molecule has 1 atom stereocenters. The van der Waals surface area contributed by atoms with Crippen LogP contribution >= 0.6 is 0 Å². The lowest BCUT2D eigenvalue weighted by atomic mass is 9.82. The van der Waals surface area contributed by atoms with Crippen LogP contribution in [0.5, 0.6) is 5.75 Å². The number of aromatic nitrogens is 3. The van der Waals surface area contributed by atoms with Gasteiger partial charge >= 0.3 is 6.18 Å². The van der Waals surface area contributed by atoms with E-state index in [0.29, 0.717) is 59.8 Å². The van der Waals surface area contributed by atoms with Crippen LogP contribution in [0.25, 0.3) is 22.4 Å². The van der Waals surface area contributed by atoms with Crippen LogP contribution in [0.3, 0.4) is 0 Å². The first-order valence-corrected chi connectivity index (χ1v) is 13.2. The number of carbonyl (C=O) groups is 1. The highest BCUT2D eigenvalue weighted by Crippen LogP contribution is 2.41. The number of piperidine rings is 1. The molecule has 1 fully saturated rings. The zero-order chi connectivity index (χ0) is 27.4. The number of ether oxygens (including phenoxy) is 1. The molecule has 1 saturated heterocycles. The first kappa shape index (κ1) is 25.3. The molecule has 3 N–H and O–H groups in total. The minimum absolute atomic E-state index is 0.0762. The number of anilines is 2. The average molecular weight is 558 g/mol. The Hall–Kier alpha value is -3.97. The number of nitrogens with one attached hydrogen (secondary N) is 2. The van der Waals surface area contributed by atoms with Crippen molar-refractivity contribution in [2.45, 2.75) is 31.0 Å². The second-order valence-electron chi connectivity index (χ2n) is 9.65. The van der Waals surface area contributed by atoms with E-state index in [0.717, 1.165) is 18.0 Å². The van der Waals surface area contributed by atoms with E-state index in [4.69, 9.17) is 9.29 Å². The summed E-state index contributed by atoms with van der Waals surface area (Å²) in [5.74, 6) is 1.55. The quantitative estimate of drug-likeness (QED) is 0.295. The van der Waals surface area contributed by atoms with Crippen LogP contribution in [0.15, 0.2) is 54.7 Å². The Bertz CT molecular complexity index is 1600. The molecule has 2 aliphatic heterocycles. The van der Waals surface area contributed by atoms with Crippen LogP contribution in [0.2, 0.25) is 0 Å². The minimum Gasteiger partial charge on any atom is -0.486 e. The van der Waals surface area contributed by atoms with E-state index in [1.807, 2.05) is 12.1 Å². The molecule has 4 heterocycles. The minimum atomic E-state index is -4.44. The number of fused-ring (bicyclic) bond motifs is 2. The van der Waals surface area contributed by atoms with E-state index >= 15 is 0 Å². The van der Waals surface area contributed by atoms with Crippen molar-refractivity contribution in [3.63, 3.8) is 0 Å². The fourth-order valence-electron chi connectivity index (χ4n) is 5.11. The highest BCUT2D eigenvalue weighted by atomic mass is 32.2. The highest BCUT2D eigenvalue weighted by molar-refractivity contribution is 7.80. The number of alkyl halides is 3. The number of aromatic amines is 1. The first-order valence-electron chi connectivity index (χ1n) is 12.1. The molecule has 0 bridgehead atoms. The molecule has 0 radical (unpaired) electrons. The molecule has 0 amide bonds. The van der Waals surface area contributed by atoms with Crippen molar-refractivity contribution in [2.75, 3.05) is 22.7 Å². The van der Waals surface area contributed by atoms with Gasteiger partial charge in [0.1, 0.15) is 23.0 Å². The van der Waals surface area contributed by atoms with Gasteiger partial charge in [0.15, 0.2) is 5.78 Å². The molecule has 13 heteroatoms. The molecular weight excluding hydrogens is 535 g/mol. The largest absolute Gasteiger partial charge is 0.486 e. The number of carbonyl (C=O) groups excluding carboxylic acids is 1. The van der Waals surface area contributed by atoms with Gasteiger partial charge in [0, 0.05) is 43.4 Å². The topological polar surface area (TPSA) is 120 Å². The van der Waals surface area contributed by atoms with Crippen molar-refractivity contribution in [3.8, 4) is 17.1 Å². The second-order valence-corrected chi connectivity index (χ2v) is 10.4. The Kier molecular flexibility index (Phi) is 6.07. The van der Waals surface area contributed by atoms with E-state index in [2.05, 4.69) is 24.6 Å². The molecule has 6 rings (SSSR count). The van der Waals surface area contributed by atoms with Crippen LogP contribution in [-0.2, 0) is 17.4 Å². The maximum absolute atomic E-state index is 13.0. The van der Waals surface area contributed by atoms with Gasteiger partial charge in [0.05, 0.1) is 28.6 Å². The van der Waals surface area contributed by atoms with Crippen molar-refractivity contribution in [3.05, 3.63) is 65.9 Å². The SMILES string of the molecule is O=C1CC2(CCN(c3ccc(-c4nc5cc(C(F)(F)F)ccc5[nH]4)cn3)CC2)Oc2ccc(NS(=O)O)cc21. The van der Waals surface area contributed by atoms with Crippen molar-refractivity contribution >= 4 is 39.6 Å². The van der Waals surface area contributed by atoms with Gasteiger partial charge in [-0.05, 0) is 48.5 Å². The van der Waals surface area contributed by atoms with Gasteiger partial charge < -0.3 is 14.6 Å². The molecular formula is C26H22F3N5O4S. The summed E-state index contributed by atoms with van der Waals surface area (Å²) in [6.07, 6.45) is -1.38. The van der Waals surface area contributed by atoms with Crippen LogP contribution in [0.1, 0.15) is 35.2 Å². The third-order valence-electron chi connectivity index (χ3n) is 7.12. The Morgan fingerprint density at radius 1 is 1.10 bits per heavy atom. The average Bonchev–Trinajstić information content (AvgIpc) is 3.33. The lowest BCUT2D eigenvalue weighted by Crippen LogP contribution is -2.51. The van der Waals surface area contributed by atoms with Gasteiger partial charge in [-0.25, -0.2) is 14.2 Å². The predicted molar refractivity (Wildman–Crippen MR) is 139 cm³/mol. The van der Waals surface area contributed by atoms with E-state index in [1.54, 1.807) is 18.3 Å². The molecule has 9 nitrogen and oxygen atoms in total. The number of rotatable bonds is 4. The third-order valence-corrected chi connectivity index (χ3v) is 7.54. The number of imidazole rings is 1. The third kappa shape index (κ3) is 4.94. The summed E-state index contributed by atoms with van der Waals surface area (Å²) >= 11 is -2.24.